The van der Waals surface area contributed by atoms with Crippen molar-refractivity contribution in [2.24, 2.45) is 5.73 Å². The van der Waals surface area contributed by atoms with E-state index in [4.69, 9.17) is 5.73 Å². The maximum absolute atomic E-state index is 11.8. The van der Waals surface area contributed by atoms with Crippen LogP contribution >= 0.6 is 0 Å². The monoisotopic (exact) mass is 270 g/mol. The molecule has 0 heterocycles. The van der Waals surface area contributed by atoms with Gasteiger partial charge in [-0.05, 0) is 18.1 Å². The van der Waals surface area contributed by atoms with Crippen molar-refractivity contribution in [3.8, 4) is 0 Å². The van der Waals surface area contributed by atoms with Crippen molar-refractivity contribution < 1.29 is 13.2 Å². The van der Waals surface area contributed by atoms with Gasteiger partial charge in [-0.25, -0.2) is 8.42 Å². The lowest BCUT2D eigenvalue weighted by molar-refractivity contribution is -0.118. The Hall–Kier alpha value is -1.40. The van der Waals surface area contributed by atoms with E-state index in [2.05, 4.69) is 5.32 Å². The molecule has 100 valence electrons. The fraction of sp³-hybridized carbons (Fsp3) is 0.417. The van der Waals surface area contributed by atoms with Crippen molar-refractivity contribution in [3.05, 3.63) is 35.4 Å². The Bertz CT molecular complexity index is 512. The average Bonchev–Trinajstić information content (AvgIpc) is 2.28. The number of nitrogens with two attached hydrogens (primary N) is 1. The van der Waals surface area contributed by atoms with Gasteiger partial charge < -0.3 is 11.1 Å². The lowest BCUT2D eigenvalue weighted by Gasteiger charge is -2.07. The number of amides is 1. The second kappa shape index (κ2) is 6.51. The molecule has 18 heavy (non-hydrogen) atoms. The zero-order valence-corrected chi connectivity index (χ0v) is 11.2. The van der Waals surface area contributed by atoms with E-state index in [9.17, 15) is 13.2 Å². The Kier molecular flexibility index (Phi) is 5.30. The van der Waals surface area contributed by atoms with Gasteiger partial charge in [0, 0.05) is 13.1 Å². The van der Waals surface area contributed by atoms with E-state index in [0.29, 0.717) is 13.1 Å². The van der Waals surface area contributed by atoms with Crippen LogP contribution in [-0.2, 0) is 20.4 Å². The highest BCUT2D eigenvalue weighted by Crippen LogP contribution is 2.11. The molecule has 0 saturated heterocycles. The Morgan fingerprint density at radius 2 is 2.00 bits per heavy atom. The second-order valence-corrected chi connectivity index (χ2v) is 6.16. The summed E-state index contributed by atoms with van der Waals surface area (Å²) in [5.74, 6) is -1.12. The molecule has 0 bridgehead atoms. The maximum atomic E-state index is 11.8. The van der Waals surface area contributed by atoms with Gasteiger partial charge in [0.15, 0.2) is 9.84 Å². The van der Waals surface area contributed by atoms with Crippen molar-refractivity contribution in [2.75, 3.05) is 18.8 Å². The van der Waals surface area contributed by atoms with E-state index in [1.165, 1.54) is 0 Å². The molecule has 1 aromatic rings. The first-order valence-corrected chi connectivity index (χ1v) is 7.48. The minimum atomic E-state index is -3.44. The molecule has 6 heteroatoms. The van der Waals surface area contributed by atoms with Crippen LogP contribution in [0.15, 0.2) is 24.3 Å². The van der Waals surface area contributed by atoms with Crippen molar-refractivity contribution in [2.45, 2.75) is 12.7 Å². The van der Waals surface area contributed by atoms with Crippen LogP contribution < -0.4 is 11.1 Å². The number of nitrogens with one attached hydrogen (secondary N) is 1. The summed E-state index contributed by atoms with van der Waals surface area (Å²) in [6.45, 7) is 2.43. The topological polar surface area (TPSA) is 89.3 Å². The van der Waals surface area contributed by atoms with Gasteiger partial charge in [0.2, 0.25) is 5.91 Å². The third-order valence-corrected chi connectivity index (χ3v) is 3.91. The van der Waals surface area contributed by atoms with E-state index < -0.39 is 21.5 Å². The fourth-order valence-electron chi connectivity index (χ4n) is 1.52. The Morgan fingerprint density at radius 3 is 2.61 bits per heavy atom. The lowest BCUT2D eigenvalue weighted by Crippen LogP contribution is -2.34. The van der Waals surface area contributed by atoms with Crippen molar-refractivity contribution >= 4 is 15.7 Å². The van der Waals surface area contributed by atoms with E-state index >= 15 is 0 Å². The SMILES string of the molecule is Cc1ccccc1CS(=O)(=O)CC(=O)NCCN. The van der Waals surface area contributed by atoms with Crippen LogP contribution in [0.2, 0.25) is 0 Å². The number of hydrogen-bond acceptors (Lipinski definition) is 4. The van der Waals surface area contributed by atoms with Gasteiger partial charge in [-0.3, -0.25) is 4.79 Å². The van der Waals surface area contributed by atoms with Gasteiger partial charge in [0.25, 0.3) is 0 Å². The van der Waals surface area contributed by atoms with Gasteiger partial charge in [-0.1, -0.05) is 24.3 Å². The van der Waals surface area contributed by atoms with E-state index in [-0.39, 0.29) is 5.75 Å². The van der Waals surface area contributed by atoms with Crippen LogP contribution in [0.25, 0.3) is 0 Å². The summed E-state index contributed by atoms with van der Waals surface area (Å²) in [5, 5.41) is 2.45. The van der Waals surface area contributed by atoms with Gasteiger partial charge in [0.05, 0.1) is 5.75 Å². The highest BCUT2D eigenvalue weighted by Gasteiger charge is 2.17. The summed E-state index contributed by atoms with van der Waals surface area (Å²) < 4.78 is 23.7. The average molecular weight is 270 g/mol. The largest absolute Gasteiger partial charge is 0.354 e. The molecule has 0 unspecified atom stereocenters. The number of carbonyl (C=O) groups is 1. The Balaban J connectivity index is 2.66. The quantitative estimate of drug-likeness (QED) is 0.760. The molecule has 5 nitrogen and oxygen atoms in total. The number of rotatable bonds is 6. The standard InChI is InChI=1S/C12H18N2O3S/c1-10-4-2-3-5-11(10)8-18(16,17)9-12(15)14-7-6-13/h2-5H,6-9,13H2,1H3,(H,14,15). The third-order valence-electron chi connectivity index (χ3n) is 2.45. The minimum absolute atomic E-state index is 0.115. The first kappa shape index (κ1) is 14.7. The molecule has 0 saturated carbocycles. The highest BCUT2D eigenvalue weighted by atomic mass is 32.2. The minimum Gasteiger partial charge on any atom is -0.354 e. The molecule has 0 aliphatic heterocycles. The van der Waals surface area contributed by atoms with Crippen molar-refractivity contribution in [1.82, 2.24) is 5.32 Å². The van der Waals surface area contributed by atoms with Crippen molar-refractivity contribution in [1.29, 1.82) is 0 Å². The zero-order valence-electron chi connectivity index (χ0n) is 10.3. The summed E-state index contributed by atoms with van der Waals surface area (Å²) in [6, 6.07) is 7.23. The smallest absolute Gasteiger partial charge is 0.235 e. The first-order chi connectivity index (χ1) is 8.44. The molecular formula is C12H18N2O3S. The molecule has 1 amide bonds. The predicted molar refractivity (Wildman–Crippen MR) is 70.7 cm³/mol. The lowest BCUT2D eigenvalue weighted by atomic mass is 10.1. The van der Waals surface area contributed by atoms with E-state index in [1.807, 2.05) is 19.1 Å². The molecule has 0 atom stereocenters. The van der Waals surface area contributed by atoms with Crippen LogP contribution in [0.5, 0.6) is 0 Å². The van der Waals surface area contributed by atoms with Crippen LogP contribution in [0.3, 0.4) is 0 Å². The normalized spacial score (nSPS) is 11.2. The summed E-state index contributed by atoms with van der Waals surface area (Å²) >= 11 is 0. The summed E-state index contributed by atoms with van der Waals surface area (Å²) in [4.78, 5) is 11.3. The Labute approximate surface area is 107 Å². The number of hydrogen-bond donors (Lipinski definition) is 2. The molecule has 0 aliphatic carbocycles. The van der Waals surface area contributed by atoms with E-state index in [1.54, 1.807) is 12.1 Å². The van der Waals surface area contributed by atoms with E-state index in [0.717, 1.165) is 11.1 Å². The third kappa shape index (κ3) is 4.85. The number of benzene rings is 1. The van der Waals surface area contributed by atoms with Crippen LogP contribution in [0, 0.1) is 6.92 Å². The number of aryl methyl sites for hydroxylation is 1. The molecule has 0 aliphatic rings. The molecule has 0 aromatic heterocycles. The molecule has 0 fully saturated rings. The number of carbonyl (C=O) groups excluding carboxylic acids is 1. The molecule has 1 aromatic carbocycles. The summed E-state index contributed by atoms with van der Waals surface area (Å²) in [5.41, 5.74) is 6.85. The molecule has 1 rings (SSSR count). The zero-order chi connectivity index (χ0) is 13.6. The predicted octanol–water partition coefficient (Wildman–Crippen LogP) is -0.0153. The van der Waals surface area contributed by atoms with Crippen molar-refractivity contribution in [3.63, 3.8) is 0 Å². The van der Waals surface area contributed by atoms with Crippen LogP contribution in [0.1, 0.15) is 11.1 Å². The van der Waals surface area contributed by atoms with Gasteiger partial charge in [0.1, 0.15) is 5.75 Å². The van der Waals surface area contributed by atoms with Gasteiger partial charge in [-0.2, -0.15) is 0 Å². The molecule has 0 spiro atoms. The summed E-state index contributed by atoms with van der Waals surface area (Å²) in [6.07, 6.45) is 0. The number of sulfone groups is 1. The van der Waals surface area contributed by atoms with Crippen LogP contribution in [0.4, 0.5) is 0 Å². The highest BCUT2D eigenvalue weighted by molar-refractivity contribution is 7.91. The fourth-order valence-corrected chi connectivity index (χ4v) is 2.92. The van der Waals surface area contributed by atoms with Gasteiger partial charge in [-0.15, -0.1) is 0 Å². The Morgan fingerprint density at radius 1 is 1.33 bits per heavy atom. The molecule has 0 radical (unpaired) electrons. The molecular weight excluding hydrogens is 252 g/mol. The first-order valence-electron chi connectivity index (χ1n) is 5.66. The second-order valence-electron chi connectivity index (χ2n) is 4.10. The van der Waals surface area contributed by atoms with Crippen LogP contribution in [-0.4, -0.2) is 33.2 Å². The maximum Gasteiger partial charge on any atom is 0.235 e. The molecule has 3 N–H and O–H groups in total. The summed E-state index contributed by atoms with van der Waals surface area (Å²) in [7, 11) is -3.44. The van der Waals surface area contributed by atoms with Gasteiger partial charge >= 0.3 is 0 Å².